The fraction of sp³-hybridized carbons (Fsp3) is 0.179. The van der Waals surface area contributed by atoms with E-state index in [0.29, 0.717) is 0 Å². The average molecular weight is 759 g/mol. The fourth-order valence-corrected chi connectivity index (χ4v) is 11.4. The molecule has 0 N–H and O–H groups in total. The summed E-state index contributed by atoms with van der Waals surface area (Å²) >= 11 is 0. The summed E-state index contributed by atoms with van der Waals surface area (Å²) in [4.78, 5) is 5.39. The number of para-hydroxylation sites is 2. The molecule has 0 saturated heterocycles. The molecule has 2 nitrogen and oxygen atoms in total. The van der Waals surface area contributed by atoms with E-state index >= 15 is 0 Å². The first-order valence-corrected chi connectivity index (χ1v) is 21.3. The third-order valence-electron chi connectivity index (χ3n) is 14.4. The Morgan fingerprint density at radius 1 is 0.475 bits per heavy atom. The lowest BCUT2D eigenvalue weighted by Gasteiger charge is -2.51. The first-order chi connectivity index (χ1) is 28.4. The Bertz CT molecular complexity index is 3110. The molecular formula is C56H47BN2. The van der Waals surface area contributed by atoms with Crippen LogP contribution in [0.2, 0.25) is 0 Å². The van der Waals surface area contributed by atoms with Gasteiger partial charge in [0.2, 0.25) is 0 Å². The van der Waals surface area contributed by atoms with Crippen molar-refractivity contribution in [2.75, 3.05) is 9.71 Å². The van der Waals surface area contributed by atoms with Gasteiger partial charge < -0.3 is 9.71 Å². The number of rotatable bonds is 2. The Morgan fingerprint density at radius 2 is 1.15 bits per heavy atom. The normalized spacial score (nSPS) is 15.9. The Morgan fingerprint density at radius 3 is 1.97 bits per heavy atom. The molecule has 8 aromatic carbocycles. The molecule has 0 fully saturated rings. The van der Waals surface area contributed by atoms with Gasteiger partial charge in [0.15, 0.2) is 0 Å². The van der Waals surface area contributed by atoms with Gasteiger partial charge >= 0.3 is 6.85 Å². The van der Waals surface area contributed by atoms with Crippen LogP contribution in [0, 0.1) is 0 Å². The summed E-state index contributed by atoms with van der Waals surface area (Å²) in [6, 6.07) is 60.4. The van der Waals surface area contributed by atoms with E-state index in [1.807, 2.05) is 0 Å². The van der Waals surface area contributed by atoms with E-state index in [-0.39, 0.29) is 23.1 Å². The van der Waals surface area contributed by atoms with Crippen LogP contribution in [0.3, 0.4) is 0 Å². The van der Waals surface area contributed by atoms with Gasteiger partial charge in [0.1, 0.15) is 0 Å². The standard InChI is InChI=1S/C56H47BN2/c1-54(2,3)36-28-29-47(40(31-36)34-18-9-8-10-19-34)58-49-32-41-38-22-13-14-24-42(38)55(4,5)45(41)33-46(49)57-52-50(58)30-35-20-11-12-21-37(35)51(52)39-23-17-26-44-53(39)59(57)48-27-16-15-25-43(48)56(44,6)7/h8-33H,1-7H3. The second-order valence-corrected chi connectivity index (χ2v) is 19.3. The third-order valence-corrected chi connectivity index (χ3v) is 14.4. The third kappa shape index (κ3) is 4.54. The van der Waals surface area contributed by atoms with Gasteiger partial charge in [0.05, 0.1) is 5.69 Å². The molecule has 0 saturated carbocycles. The summed E-state index contributed by atoms with van der Waals surface area (Å²) in [5, 5.41) is 2.57. The van der Waals surface area contributed by atoms with Crippen LogP contribution < -0.4 is 20.6 Å². The van der Waals surface area contributed by atoms with Crippen LogP contribution in [-0.4, -0.2) is 6.85 Å². The first kappa shape index (κ1) is 34.7. The molecule has 59 heavy (non-hydrogen) atoms. The lowest BCUT2D eigenvalue weighted by Crippen LogP contribution is -2.63. The minimum absolute atomic E-state index is 0.0119. The smallest absolute Gasteiger partial charge is 0.333 e. The monoisotopic (exact) mass is 758 g/mol. The van der Waals surface area contributed by atoms with E-state index in [1.54, 1.807) is 0 Å². The maximum absolute atomic E-state index is 2.74. The minimum atomic E-state index is -0.173. The topological polar surface area (TPSA) is 6.48 Å². The molecule has 0 amide bonds. The van der Waals surface area contributed by atoms with Crippen LogP contribution in [0.25, 0.3) is 44.2 Å². The molecule has 0 radical (unpaired) electrons. The van der Waals surface area contributed by atoms with Crippen molar-refractivity contribution in [3.63, 3.8) is 0 Å². The van der Waals surface area contributed by atoms with E-state index < -0.39 is 0 Å². The number of anilines is 5. The highest BCUT2D eigenvalue weighted by Crippen LogP contribution is 2.58. The van der Waals surface area contributed by atoms with Crippen molar-refractivity contribution in [3.05, 3.63) is 186 Å². The maximum atomic E-state index is 2.74. The second kappa shape index (κ2) is 11.7. The highest BCUT2D eigenvalue weighted by Gasteiger charge is 2.51. The largest absolute Gasteiger partial charge is 0.376 e. The summed E-state index contributed by atoms with van der Waals surface area (Å²) in [6.07, 6.45) is 0. The van der Waals surface area contributed by atoms with Crippen LogP contribution >= 0.6 is 0 Å². The average Bonchev–Trinajstić information content (AvgIpc) is 3.47. The number of hydrogen-bond acceptors (Lipinski definition) is 2. The van der Waals surface area contributed by atoms with Crippen molar-refractivity contribution in [1.29, 1.82) is 0 Å². The fourth-order valence-electron chi connectivity index (χ4n) is 11.4. The quantitative estimate of drug-likeness (QED) is 0.162. The zero-order valence-electron chi connectivity index (χ0n) is 35.0. The number of benzene rings is 8. The van der Waals surface area contributed by atoms with Crippen LogP contribution in [0.1, 0.15) is 76.3 Å². The second-order valence-electron chi connectivity index (χ2n) is 19.3. The van der Waals surface area contributed by atoms with Crippen molar-refractivity contribution in [1.82, 2.24) is 0 Å². The van der Waals surface area contributed by atoms with Gasteiger partial charge in [-0.15, -0.1) is 0 Å². The molecule has 0 spiro atoms. The number of nitrogens with zero attached hydrogens (tertiary/aromatic N) is 2. The van der Waals surface area contributed by atoms with Crippen molar-refractivity contribution in [2.24, 2.45) is 0 Å². The Kier molecular flexibility index (Phi) is 6.86. The van der Waals surface area contributed by atoms with Crippen molar-refractivity contribution >= 4 is 57.0 Å². The SMILES string of the molecule is CC(C)(C)c1ccc(N2c3cc4c(cc3B3c5c2cc2ccccc2c5-c2cccc5c2N3c2ccccc2C5(C)C)C(C)(C)c2ccccc2-4)c(-c2ccccc2)c1. The van der Waals surface area contributed by atoms with Crippen LogP contribution in [-0.2, 0) is 16.2 Å². The summed E-state index contributed by atoms with van der Waals surface area (Å²) in [6.45, 7) is 16.6. The van der Waals surface area contributed by atoms with Gasteiger partial charge in [0, 0.05) is 44.7 Å². The molecule has 8 aromatic rings. The summed E-state index contributed by atoms with van der Waals surface area (Å²) < 4.78 is 0. The molecule has 0 aromatic heterocycles. The van der Waals surface area contributed by atoms with Crippen molar-refractivity contribution < 1.29 is 0 Å². The van der Waals surface area contributed by atoms with E-state index in [0.717, 1.165) is 0 Å². The molecule has 3 heteroatoms. The summed E-state index contributed by atoms with van der Waals surface area (Å²) in [5.41, 5.74) is 23.4. The number of fused-ring (bicyclic) bond motifs is 11. The Labute approximate surface area is 348 Å². The van der Waals surface area contributed by atoms with Gasteiger partial charge in [0.25, 0.3) is 0 Å². The minimum Gasteiger partial charge on any atom is -0.376 e. The van der Waals surface area contributed by atoms with Crippen molar-refractivity contribution in [2.45, 2.75) is 64.7 Å². The zero-order chi connectivity index (χ0) is 40.2. The van der Waals surface area contributed by atoms with Gasteiger partial charge in [-0.05, 0) is 108 Å². The Balaban J connectivity index is 1.27. The van der Waals surface area contributed by atoms with Crippen LogP contribution in [0.4, 0.5) is 28.4 Å². The summed E-state index contributed by atoms with van der Waals surface area (Å²) in [7, 11) is 0. The molecule has 4 aliphatic rings. The first-order valence-electron chi connectivity index (χ1n) is 21.3. The maximum Gasteiger partial charge on any atom is 0.333 e. The lowest BCUT2D eigenvalue weighted by atomic mass is 9.42. The van der Waals surface area contributed by atoms with Crippen LogP contribution in [0.15, 0.2) is 158 Å². The molecule has 284 valence electrons. The van der Waals surface area contributed by atoms with Gasteiger partial charge in [-0.3, -0.25) is 0 Å². The lowest BCUT2D eigenvalue weighted by molar-refractivity contribution is 0.590. The van der Waals surface area contributed by atoms with Crippen LogP contribution in [0.5, 0.6) is 0 Å². The molecular weight excluding hydrogens is 711 g/mol. The van der Waals surface area contributed by atoms with Gasteiger partial charge in [-0.25, -0.2) is 0 Å². The van der Waals surface area contributed by atoms with E-state index in [4.69, 9.17) is 0 Å². The highest BCUT2D eigenvalue weighted by atomic mass is 15.2. The van der Waals surface area contributed by atoms with E-state index in [1.165, 1.54) is 111 Å². The van der Waals surface area contributed by atoms with Gasteiger partial charge in [-0.1, -0.05) is 176 Å². The molecule has 1 aliphatic carbocycles. The molecule has 3 heterocycles. The summed E-state index contributed by atoms with van der Waals surface area (Å²) in [5.74, 6) is 0. The molecule has 12 rings (SSSR count). The predicted molar refractivity (Wildman–Crippen MR) is 251 cm³/mol. The van der Waals surface area contributed by atoms with Crippen molar-refractivity contribution in [3.8, 4) is 33.4 Å². The predicted octanol–water partition coefficient (Wildman–Crippen LogP) is 13.5. The Hall–Kier alpha value is -6.32. The molecule has 0 unspecified atom stereocenters. The zero-order valence-corrected chi connectivity index (χ0v) is 35.0. The van der Waals surface area contributed by atoms with Gasteiger partial charge in [-0.2, -0.15) is 0 Å². The molecule has 3 aliphatic heterocycles. The van der Waals surface area contributed by atoms with E-state index in [2.05, 4.69) is 216 Å². The molecule has 0 atom stereocenters. The highest BCUT2D eigenvalue weighted by molar-refractivity contribution is 6.94. The van der Waals surface area contributed by atoms with E-state index in [9.17, 15) is 0 Å². The number of hydrogen-bond donors (Lipinski definition) is 0. The molecule has 0 bridgehead atoms.